The van der Waals surface area contributed by atoms with Gasteiger partial charge in [0.2, 0.25) is 0 Å². The first-order valence-electron chi connectivity index (χ1n) is 8.02. The molecular weight excluding hydrogens is 334 g/mol. The van der Waals surface area contributed by atoms with E-state index in [1.807, 2.05) is 0 Å². The van der Waals surface area contributed by atoms with E-state index in [0.29, 0.717) is 0 Å². The lowest BCUT2D eigenvalue weighted by Crippen LogP contribution is -2.78. The van der Waals surface area contributed by atoms with Crippen molar-refractivity contribution in [3.05, 3.63) is 0 Å². The molecule has 0 aromatic carbocycles. The fourth-order valence-corrected chi connectivity index (χ4v) is 4.84. The van der Waals surface area contributed by atoms with Gasteiger partial charge in [0.1, 0.15) is 12.6 Å². The van der Waals surface area contributed by atoms with E-state index in [4.69, 9.17) is 14.2 Å². The summed E-state index contributed by atoms with van der Waals surface area (Å²) in [6.07, 6.45) is -0.415. The molecule has 0 aromatic heterocycles. The van der Waals surface area contributed by atoms with E-state index in [1.54, 1.807) is 5.01 Å². The highest BCUT2D eigenvalue weighted by molar-refractivity contribution is 5.77. The summed E-state index contributed by atoms with van der Waals surface area (Å²) in [5.74, 6) is -0.292. The highest BCUT2D eigenvalue weighted by Gasteiger charge is 2.73. The standard InChI is InChI=1S/C14H19N5O6/c1-23-8(20)5-17-10-7-4-6(9(10)15-16-17)11-12(7)19(14(22)25-3)18(11)13(21)24-2/h6-7,9-12H,4-5H2,1-3H3/t6-,7+,9+,10-,11-,12+/m1/s1. The fraction of sp³-hybridized carbons (Fsp3) is 0.786. The molecule has 2 aliphatic heterocycles. The Hall–Kier alpha value is -2.59. The van der Waals surface area contributed by atoms with Crippen LogP contribution >= 0.6 is 0 Å². The highest BCUT2D eigenvalue weighted by atomic mass is 16.6. The third kappa shape index (κ3) is 1.94. The number of nitrogens with zero attached hydrogens (tertiary/aromatic N) is 5. The van der Waals surface area contributed by atoms with Gasteiger partial charge in [-0.05, 0) is 6.42 Å². The minimum absolute atomic E-state index is 0.0146. The Morgan fingerprint density at radius 1 is 0.920 bits per heavy atom. The van der Waals surface area contributed by atoms with Gasteiger partial charge in [0.05, 0.1) is 39.5 Å². The van der Waals surface area contributed by atoms with Crippen LogP contribution in [0.1, 0.15) is 6.42 Å². The van der Waals surface area contributed by atoms with E-state index in [2.05, 4.69) is 10.3 Å². The van der Waals surface area contributed by atoms with E-state index in [0.717, 1.165) is 6.42 Å². The Balaban J connectivity index is 1.59. The maximum atomic E-state index is 12.2. The van der Waals surface area contributed by atoms with Crippen LogP contribution < -0.4 is 0 Å². The predicted octanol–water partition coefficient (Wildman–Crippen LogP) is 0.0317. The van der Waals surface area contributed by atoms with Crippen LogP contribution in [0.3, 0.4) is 0 Å². The van der Waals surface area contributed by atoms with Gasteiger partial charge in [0.15, 0.2) is 0 Å². The van der Waals surface area contributed by atoms with Crippen molar-refractivity contribution in [3.63, 3.8) is 0 Å². The van der Waals surface area contributed by atoms with Crippen molar-refractivity contribution in [2.24, 2.45) is 22.2 Å². The number of esters is 1. The quantitative estimate of drug-likeness (QED) is 0.508. The lowest BCUT2D eigenvalue weighted by Gasteiger charge is -2.58. The molecule has 0 N–H and O–H groups in total. The zero-order valence-electron chi connectivity index (χ0n) is 14.1. The summed E-state index contributed by atoms with van der Waals surface area (Å²) in [6.45, 7) is 0.0146. The van der Waals surface area contributed by atoms with Crippen molar-refractivity contribution in [2.45, 2.75) is 30.6 Å². The fourth-order valence-electron chi connectivity index (χ4n) is 4.84. The molecule has 0 spiro atoms. The van der Waals surface area contributed by atoms with E-state index in [-0.39, 0.29) is 42.5 Å². The molecule has 2 amide bonds. The molecule has 2 heterocycles. The van der Waals surface area contributed by atoms with Gasteiger partial charge in [0, 0.05) is 11.8 Å². The zero-order chi connectivity index (χ0) is 17.9. The van der Waals surface area contributed by atoms with Gasteiger partial charge >= 0.3 is 18.2 Å². The number of methoxy groups -OCH3 is 3. The summed E-state index contributed by atoms with van der Waals surface area (Å²) in [5.41, 5.74) is 0. The van der Waals surface area contributed by atoms with Crippen LogP contribution in [0.15, 0.2) is 10.3 Å². The molecule has 0 aromatic rings. The predicted molar refractivity (Wildman–Crippen MR) is 78.8 cm³/mol. The maximum absolute atomic E-state index is 12.2. The second kappa shape index (κ2) is 5.46. The largest absolute Gasteiger partial charge is 0.468 e. The van der Waals surface area contributed by atoms with Gasteiger partial charge in [-0.3, -0.25) is 9.80 Å². The van der Waals surface area contributed by atoms with Crippen molar-refractivity contribution in [1.82, 2.24) is 15.0 Å². The van der Waals surface area contributed by atoms with Crippen molar-refractivity contribution in [2.75, 3.05) is 27.9 Å². The Bertz CT molecular complexity index is 656. The molecule has 4 aliphatic rings. The molecule has 2 aliphatic carbocycles. The molecule has 2 bridgehead atoms. The molecule has 1 saturated heterocycles. The van der Waals surface area contributed by atoms with Crippen LogP contribution in [0.2, 0.25) is 0 Å². The van der Waals surface area contributed by atoms with E-state index < -0.39 is 18.2 Å². The van der Waals surface area contributed by atoms with Gasteiger partial charge in [-0.2, -0.15) is 5.11 Å². The second-order valence-electron chi connectivity index (χ2n) is 6.53. The number of hydrogen-bond acceptors (Lipinski definition) is 9. The molecule has 25 heavy (non-hydrogen) atoms. The van der Waals surface area contributed by atoms with Gasteiger partial charge < -0.3 is 14.2 Å². The maximum Gasteiger partial charge on any atom is 0.429 e. The molecule has 0 radical (unpaired) electrons. The van der Waals surface area contributed by atoms with E-state index in [1.165, 1.54) is 31.3 Å². The molecule has 11 heteroatoms. The van der Waals surface area contributed by atoms with Crippen LogP contribution in [-0.2, 0) is 19.0 Å². The lowest BCUT2D eigenvalue weighted by molar-refractivity contribution is -0.187. The van der Waals surface area contributed by atoms with Gasteiger partial charge in [-0.1, -0.05) is 5.22 Å². The molecule has 6 atom stereocenters. The first-order valence-corrected chi connectivity index (χ1v) is 8.02. The van der Waals surface area contributed by atoms with Gasteiger partial charge in [-0.25, -0.2) is 19.6 Å². The van der Waals surface area contributed by atoms with Crippen molar-refractivity contribution in [1.29, 1.82) is 0 Å². The highest BCUT2D eigenvalue weighted by Crippen LogP contribution is 2.58. The SMILES string of the molecule is COC(=O)CN1N=N[C@H]2[C@H]3C[C@@H]([C@H]21)[C@H]1[C@@H]3N(C(=O)OC)N1C(=O)OC. The summed E-state index contributed by atoms with van der Waals surface area (Å²) in [6, 6.07) is -0.559. The van der Waals surface area contributed by atoms with Gasteiger partial charge in [0.25, 0.3) is 0 Å². The summed E-state index contributed by atoms with van der Waals surface area (Å²) in [7, 11) is 3.86. The van der Waals surface area contributed by atoms with Gasteiger partial charge in [-0.15, -0.1) is 0 Å². The molecule has 0 unspecified atom stereocenters. The average molecular weight is 353 g/mol. The van der Waals surface area contributed by atoms with E-state index >= 15 is 0 Å². The average Bonchev–Trinajstić information content (AvgIpc) is 3.24. The zero-order valence-corrected chi connectivity index (χ0v) is 14.1. The third-order valence-electron chi connectivity index (χ3n) is 5.68. The summed E-state index contributed by atoms with van der Waals surface area (Å²) in [5, 5.41) is 12.7. The second-order valence-corrected chi connectivity index (χ2v) is 6.53. The number of carbonyl (C=O) groups is 3. The summed E-state index contributed by atoms with van der Waals surface area (Å²) < 4.78 is 14.3. The van der Waals surface area contributed by atoms with Crippen LogP contribution in [-0.4, -0.2) is 85.2 Å². The minimum atomic E-state index is -0.609. The number of hydrogen-bond donors (Lipinski definition) is 0. The normalized spacial score (nSPS) is 36.7. The number of hydrazine groups is 1. The minimum Gasteiger partial charge on any atom is -0.468 e. The Morgan fingerprint density at radius 3 is 2.08 bits per heavy atom. The lowest BCUT2D eigenvalue weighted by atomic mass is 9.79. The van der Waals surface area contributed by atoms with Crippen LogP contribution in [0, 0.1) is 11.8 Å². The van der Waals surface area contributed by atoms with Crippen LogP contribution in [0.25, 0.3) is 0 Å². The third-order valence-corrected chi connectivity index (χ3v) is 5.68. The molecule has 11 nitrogen and oxygen atoms in total. The van der Waals surface area contributed by atoms with Crippen molar-refractivity contribution in [3.8, 4) is 0 Å². The van der Waals surface area contributed by atoms with Crippen LogP contribution in [0.4, 0.5) is 9.59 Å². The van der Waals surface area contributed by atoms with Crippen molar-refractivity contribution >= 4 is 18.2 Å². The first kappa shape index (κ1) is 15.9. The summed E-state index contributed by atoms with van der Waals surface area (Å²) in [4.78, 5) is 35.9. The number of ether oxygens (including phenoxy) is 3. The van der Waals surface area contributed by atoms with Crippen molar-refractivity contribution < 1.29 is 28.6 Å². The first-order chi connectivity index (χ1) is 12.0. The number of rotatable bonds is 2. The topological polar surface area (TPSA) is 113 Å². The molecule has 136 valence electrons. The Labute approximate surface area is 143 Å². The van der Waals surface area contributed by atoms with Crippen LogP contribution in [0.5, 0.6) is 0 Å². The number of fused-ring (bicyclic) bond motifs is 8. The smallest absolute Gasteiger partial charge is 0.429 e. The molecular formula is C14H19N5O6. The molecule has 3 fully saturated rings. The molecule has 2 saturated carbocycles. The van der Waals surface area contributed by atoms with E-state index in [9.17, 15) is 14.4 Å². The Morgan fingerprint density at radius 2 is 1.52 bits per heavy atom. The summed E-state index contributed by atoms with van der Waals surface area (Å²) >= 11 is 0. The molecule has 4 rings (SSSR count). The number of amides is 2. The monoisotopic (exact) mass is 353 g/mol. The number of carbonyl (C=O) groups excluding carboxylic acids is 3. The Kier molecular flexibility index (Phi) is 3.48.